The van der Waals surface area contributed by atoms with Crippen LogP contribution in [0.2, 0.25) is 0 Å². The zero-order valence-electron chi connectivity index (χ0n) is 7.22. The number of carbonyl (C=O) groups excluding carboxylic acids is 1. The molecule has 61 valence electrons. The van der Waals surface area contributed by atoms with Crippen LogP contribution in [0.15, 0.2) is 0 Å². The van der Waals surface area contributed by atoms with Gasteiger partial charge in [0.05, 0.1) is 0 Å². The molecule has 0 heterocycles. The minimum atomic E-state index is 0.543. The molecule has 3 heteroatoms. The van der Waals surface area contributed by atoms with E-state index in [4.69, 9.17) is 0 Å². The molecular formula is C7H17N2O. The van der Waals surface area contributed by atoms with Crippen molar-refractivity contribution in [1.29, 1.82) is 0 Å². The van der Waals surface area contributed by atoms with Crippen LogP contribution < -0.4 is 5.73 Å². The molecule has 0 aliphatic heterocycles. The van der Waals surface area contributed by atoms with Crippen molar-refractivity contribution in [3.8, 4) is 0 Å². The lowest BCUT2D eigenvalue weighted by Crippen LogP contribution is -2.20. The quantitative estimate of drug-likeness (QED) is 0.577. The predicted molar refractivity (Wildman–Crippen MR) is 43.3 cm³/mol. The summed E-state index contributed by atoms with van der Waals surface area (Å²) in [5, 5.41) is 0. The lowest BCUT2D eigenvalue weighted by atomic mass is 10.2. The Kier molecular flexibility index (Phi) is 10.2. The summed E-state index contributed by atoms with van der Waals surface area (Å²) in [7, 11) is 3.23. The maximum absolute atomic E-state index is 9.84. The second kappa shape index (κ2) is 8.43. The van der Waals surface area contributed by atoms with Crippen molar-refractivity contribution in [3.05, 3.63) is 0 Å². The van der Waals surface area contributed by atoms with E-state index < -0.39 is 0 Å². The van der Waals surface area contributed by atoms with Crippen LogP contribution in [-0.2, 0) is 4.79 Å². The van der Waals surface area contributed by atoms with Gasteiger partial charge >= 0.3 is 6.41 Å². The topological polar surface area (TPSA) is 46.3 Å². The van der Waals surface area contributed by atoms with Crippen molar-refractivity contribution in [3.63, 3.8) is 0 Å². The Balaban J connectivity index is 0. The number of rotatable bonds is 3. The average Bonchev–Trinajstić information content (AvgIpc) is 1.91. The highest BCUT2D eigenvalue weighted by atomic mass is 16.1. The van der Waals surface area contributed by atoms with Crippen LogP contribution >= 0.6 is 0 Å². The third kappa shape index (κ3) is 10.4. The molecule has 0 aliphatic rings. The Morgan fingerprint density at radius 3 is 2.00 bits per heavy atom. The molecule has 1 radical (unpaired) electrons. The van der Waals surface area contributed by atoms with Gasteiger partial charge in [-0.25, -0.2) is 0 Å². The highest BCUT2D eigenvalue weighted by Gasteiger charge is 1.96. The van der Waals surface area contributed by atoms with E-state index in [2.05, 4.69) is 19.6 Å². The average molecular weight is 145 g/mol. The van der Waals surface area contributed by atoms with Crippen molar-refractivity contribution in [2.45, 2.75) is 13.8 Å². The molecule has 0 bridgehead atoms. The fourth-order valence-electron chi connectivity index (χ4n) is 0.585. The number of nitrogens with zero attached hydrogens (tertiary/aromatic N) is 1. The van der Waals surface area contributed by atoms with Crippen LogP contribution in [0.3, 0.4) is 0 Å². The lowest BCUT2D eigenvalue weighted by molar-refractivity contribution is 0.389. The Hall–Kier alpha value is -0.570. The van der Waals surface area contributed by atoms with Gasteiger partial charge in [0.15, 0.2) is 0 Å². The smallest absolute Gasteiger partial charge is 0.311 e. The van der Waals surface area contributed by atoms with E-state index in [1.165, 1.54) is 11.9 Å². The maximum Gasteiger partial charge on any atom is 0.311 e. The van der Waals surface area contributed by atoms with Crippen molar-refractivity contribution in [2.24, 2.45) is 11.7 Å². The van der Waals surface area contributed by atoms with E-state index in [9.17, 15) is 4.79 Å². The maximum atomic E-state index is 9.84. The Morgan fingerprint density at radius 1 is 1.50 bits per heavy atom. The third-order valence-electron chi connectivity index (χ3n) is 0.795. The van der Waals surface area contributed by atoms with Crippen LogP contribution in [0.1, 0.15) is 13.8 Å². The fraction of sp³-hybridized carbons (Fsp3) is 0.857. The molecule has 0 fully saturated rings. The molecule has 2 N–H and O–H groups in total. The van der Waals surface area contributed by atoms with Gasteiger partial charge in [0.25, 0.3) is 0 Å². The predicted octanol–water partition coefficient (Wildman–Crippen LogP) is 0.216. The first kappa shape index (κ1) is 12.1. The minimum Gasteiger partial charge on any atom is -0.337 e. The molecule has 3 nitrogen and oxygen atoms in total. The Labute approximate surface area is 63.2 Å². The van der Waals surface area contributed by atoms with Crippen LogP contribution in [0, 0.1) is 5.92 Å². The third-order valence-corrected chi connectivity index (χ3v) is 0.795. The van der Waals surface area contributed by atoms with E-state index in [0.717, 1.165) is 6.54 Å². The van der Waals surface area contributed by atoms with Gasteiger partial charge < -0.3 is 10.6 Å². The molecule has 0 saturated carbocycles. The second-order valence-electron chi connectivity index (χ2n) is 2.37. The van der Waals surface area contributed by atoms with E-state index >= 15 is 0 Å². The van der Waals surface area contributed by atoms with Gasteiger partial charge in [-0.15, -0.1) is 0 Å². The van der Waals surface area contributed by atoms with E-state index in [1.54, 1.807) is 13.5 Å². The number of nitrogens with two attached hydrogens (primary N) is 1. The van der Waals surface area contributed by atoms with Crippen molar-refractivity contribution >= 4 is 6.41 Å². The van der Waals surface area contributed by atoms with Crippen LogP contribution in [0.5, 0.6) is 0 Å². The van der Waals surface area contributed by atoms with Crippen molar-refractivity contribution < 1.29 is 4.79 Å². The first-order valence-corrected chi connectivity index (χ1v) is 3.33. The monoisotopic (exact) mass is 145 g/mol. The van der Waals surface area contributed by atoms with Gasteiger partial charge in [0.1, 0.15) is 0 Å². The standard InChI is InChI=1S/C6H12NO.CH5N/c1-6(2)4-7(3)5-8;1-2/h6H,4H2,1-3H3;2H2,1H3. The SMILES string of the molecule is CC(C)CN(C)[C]=O.CN. The zero-order chi connectivity index (χ0) is 8.57. The molecule has 10 heavy (non-hydrogen) atoms. The van der Waals surface area contributed by atoms with E-state index in [1.807, 2.05) is 0 Å². The van der Waals surface area contributed by atoms with Gasteiger partial charge in [-0.2, -0.15) is 0 Å². The van der Waals surface area contributed by atoms with Crippen LogP contribution in [0.4, 0.5) is 0 Å². The Morgan fingerprint density at radius 2 is 1.90 bits per heavy atom. The minimum absolute atomic E-state index is 0.543. The molecule has 0 atom stereocenters. The van der Waals surface area contributed by atoms with Crippen LogP contribution in [0.25, 0.3) is 0 Å². The normalized spacial score (nSPS) is 8.20. The lowest BCUT2D eigenvalue weighted by Gasteiger charge is -2.10. The zero-order valence-corrected chi connectivity index (χ0v) is 7.22. The van der Waals surface area contributed by atoms with E-state index in [-0.39, 0.29) is 0 Å². The summed E-state index contributed by atoms with van der Waals surface area (Å²) in [6.45, 7) is 4.92. The number of hydrogen-bond donors (Lipinski definition) is 1. The van der Waals surface area contributed by atoms with Crippen molar-refractivity contribution in [2.75, 3.05) is 20.6 Å². The molecule has 0 unspecified atom stereocenters. The molecule has 0 aliphatic carbocycles. The molecule has 0 aromatic carbocycles. The molecular weight excluding hydrogens is 128 g/mol. The number of hydrogen-bond acceptors (Lipinski definition) is 2. The van der Waals surface area contributed by atoms with Crippen LogP contribution in [-0.4, -0.2) is 32.0 Å². The summed E-state index contributed by atoms with van der Waals surface area (Å²) in [5.41, 5.74) is 4.50. The molecule has 0 saturated heterocycles. The van der Waals surface area contributed by atoms with Gasteiger partial charge in [-0.1, -0.05) is 13.8 Å². The highest BCUT2D eigenvalue weighted by Crippen LogP contribution is 1.91. The highest BCUT2D eigenvalue weighted by molar-refractivity contribution is 5.47. The largest absolute Gasteiger partial charge is 0.337 e. The molecule has 0 rings (SSSR count). The Bertz CT molecular complexity index is 74.0. The summed E-state index contributed by atoms with van der Waals surface area (Å²) in [4.78, 5) is 11.4. The molecule has 0 spiro atoms. The summed E-state index contributed by atoms with van der Waals surface area (Å²) in [6.07, 6.45) is 1.78. The van der Waals surface area contributed by atoms with Crippen molar-refractivity contribution in [1.82, 2.24) is 4.90 Å². The van der Waals surface area contributed by atoms with Gasteiger partial charge in [-0.05, 0) is 13.0 Å². The second-order valence-corrected chi connectivity index (χ2v) is 2.37. The summed E-state index contributed by atoms with van der Waals surface area (Å²) >= 11 is 0. The first-order chi connectivity index (χ1) is 4.66. The number of amides is 1. The van der Waals surface area contributed by atoms with E-state index in [0.29, 0.717) is 5.92 Å². The summed E-state index contributed by atoms with van der Waals surface area (Å²) in [5.74, 6) is 0.543. The van der Waals surface area contributed by atoms with Gasteiger partial charge in [0.2, 0.25) is 0 Å². The molecule has 0 aromatic heterocycles. The summed E-state index contributed by atoms with van der Waals surface area (Å²) < 4.78 is 0. The molecule has 1 amide bonds. The van der Waals surface area contributed by atoms with Gasteiger partial charge in [-0.3, -0.25) is 4.79 Å². The molecule has 0 aromatic rings. The first-order valence-electron chi connectivity index (χ1n) is 3.33. The fourth-order valence-corrected chi connectivity index (χ4v) is 0.585. The van der Waals surface area contributed by atoms with Gasteiger partial charge in [0, 0.05) is 13.6 Å². The summed E-state index contributed by atoms with van der Waals surface area (Å²) in [6, 6.07) is 0.